The monoisotopic (exact) mass is 327 g/mol. The van der Waals surface area contributed by atoms with Gasteiger partial charge in [0.2, 0.25) is 10.0 Å². The van der Waals surface area contributed by atoms with Gasteiger partial charge in [-0.15, -0.1) is 0 Å². The van der Waals surface area contributed by atoms with Gasteiger partial charge in [0.05, 0.1) is 15.4 Å². The largest absolute Gasteiger partial charge is 0.392 e. The molecule has 5 nitrogen and oxygen atoms in total. The van der Waals surface area contributed by atoms with Crippen LogP contribution in [0.3, 0.4) is 0 Å². The van der Waals surface area contributed by atoms with E-state index in [0.717, 1.165) is 18.7 Å². The summed E-state index contributed by atoms with van der Waals surface area (Å²) in [6, 6.07) is 6.74. The summed E-state index contributed by atoms with van der Waals surface area (Å²) in [7, 11) is -1.64. The second-order valence-corrected chi connectivity index (χ2v) is 7.79. The summed E-state index contributed by atoms with van der Waals surface area (Å²) in [5, 5.41) is 0. The minimum Gasteiger partial charge on any atom is -0.392 e. The number of hydrogen-bond donors (Lipinski definition) is 2. The molecule has 0 spiro atoms. The van der Waals surface area contributed by atoms with Crippen LogP contribution in [-0.4, -0.2) is 44.0 Å². The number of rotatable bonds is 4. The van der Waals surface area contributed by atoms with Crippen LogP contribution in [0.4, 0.5) is 0 Å². The lowest BCUT2D eigenvalue weighted by Crippen LogP contribution is -2.61. The average Bonchev–Trinajstić information content (AvgIpc) is 2.41. The Morgan fingerprint density at radius 1 is 1.29 bits per heavy atom. The van der Waals surface area contributed by atoms with E-state index in [1.54, 1.807) is 24.3 Å². The molecule has 1 aliphatic heterocycles. The molecular weight excluding hydrogens is 306 g/mol. The van der Waals surface area contributed by atoms with Gasteiger partial charge in [0.1, 0.15) is 0 Å². The summed E-state index contributed by atoms with van der Waals surface area (Å²) in [6.45, 7) is 3.43. The molecule has 0 atom stereocenters. The summed E-state index contributed by atoms with van der Waals surface area (Å²) in [5.74, 6) is 0. The van der Waals surface area contributed by atoms with E-state index < -0.39 is 15.6 Å². The van der Waals surface area contributed by atoms with Crippen LogP contribution in [0.1, 0.15) is 18.4 Å². The van der Waals surface area contributed by atoms with Crippen LogP contribution < -0.4 is 10.5 Å². The number of aryl methyl sites for hydroxylation is 1. The van der Waals surface area contributed by atoms with Crippen molar-refractivity contribution in [2.24, 2.45) is 5.73 Å². The van der Waals surface area contributed by atoms with E-state index in [0.29, 0.717) is 12.8 Å². The Balaban J connectivity index is 2.28. The second-order valence-electron chi connectivity index (χ2n) is 5.67. The van der Waals surface area contributed by atoms with E-state index in [2.05, 4.69) is 9.62 Å². The van der Waals surface area contributed by atoms with E-state index in [9.17, 15) is 8.42 Å². The first-order valence-electron chi connectivity index (χ1n) is 6.84. The Bertz CT molecular complexity index is 618. The van der Waals surface area contributed by atoms with E-state index in [1.165, 1.54) is 0 Å². The van der Waals surface area contributed by atoms with Crippen molar-refractivity contribution >= 4 is 27.2 Å². The first-order chi connectivity index (χ1) is 9.75. The summed E-state index contributed by atoms with van der Waals surface area (Å²) in [6.07, 6.45) is 1.17. The lowest BCUT2D eigenvalue weighted by atomic mass is 9.89. The van der Waals surface area contributed by atoms with Crippen LogP contribution in [-0.2, 0) is 10.0 Å². The first kappa shape index (κ1) is 16.4. The van der Waals surface area contributed by atoms with Crippen molar-refractivity contribution in [1.29, 1.82) is 0 Å². The predicted molar refractivity (Wildman–Crippen MR) is 87.7 cm³/mol. The fourth-order valence-electron chi connectivity index (χ4n) is 2.43. The Kier molecular flexibility index (Phi) is 4.67. The topological polar surface area (TPSA) is 75.4 Å². The van der Waals surface area contributed by atoms with E-state index in [4.69, 9.17) is 18.0 Å². The Morgan fingerprint density at radius 3 is 2.29 bits per heavy atom. The van der Waals surface area contributed by atoms with Crippen LogP contribution in [0.15, 0.2) is 29.2 Å². The van der Waals surface area contributed by atoms with E-state index in [-0.39, 0.29) is 9.88 Å². The lowest BCUT2D eigenvalue weighted by Gasteiger charge is -2.40. The minimum absolute atomic E-state index is 0.214. The Hall–Kier alpha value is -1.02. The molecule has 0 saturated carbocycles. The molecule has 7 heteroatoms. The normalized spacial score (nSPS) is 19.3. The first-order valence-corrected chi connectivity index (χ1v) is 8.73. The number of nitrogens with zero attached hydrogens (tertiary/aromatic N) is 1. The van der Waals surface area contributed by atoms with Gasteiger partial charge in [-0.05, 0) is 38.9 Å². The molecule has 1 fully saturated rings. The fraction of sp³-hybridized carbons (Fsp3) is 0.500. The fourth-order valence-corrected chi connectivity index (χ4v) is 4.19. The molecule has 1 saturated heterocycles. The second kappa shape index (κ2) is 6.00. The van der Waals surface area contributed by atoms with Crippen LogP contribution in [0.5, 0.6) is 0 Å². The van der Waals surface area contributed by atoms with Crippen molar-refractivity contribution in [3.63, 3.8) is 0 Å². The summed E-state index contributed by atoms with van der Waals surface area (Å²) < 4.78 is 27.9. The highest BCUT2D eigenvalue weighted by molar-refractivity contribution is 7.89. The maximum atomic E-state index is 12.6. The molecule has 0 radical (unpaired) electrons. The number of nitrogens with two attached hydrogens (primary N) is 1. The highest BCUT2D eigenvalue weighted by Crippen LogP contribution is 2.25. The third-order valence-corrected chi connectivity index (χ3v) is 5.92. The van der Waals surface area contributed by atoms with Gasteiger partial charge in [-0.3, -0.25) is 0 Å². The smallest absolute Gasteiger partial charge is 0.241 e. The Labute approximate surface area is 131 Å². The molecule has 1 aliphatic rings. The molecule has 0 aromatic heterocycles. The zero-order valence-electron chi connectivity index (χ0n) is 12.3. The van der Waals surface area contributed by atoms with E-state index >= 15 is 0 Å². The van der Waals surface area contributed by atoms with Gasteiger partial charge < -0.3 is 10.6 Å². The summed E-state index contributed by atoms with van der Waals surface area (Å²) in [4.78, 5) is 2.59. The van der Waals surface area contributed by atoms with Crippen LogP contribution in [0.2, 0.25) is 0 Å². The van der Waals surface area contributed by atoms with Crippen molar-refractivity contribution in [2.75, 3.05) is 20.1 Å². The zero-order valence-corrected chi connectivity index (χ0v) is 13.9. The lowest BCUT2D eigenvalue weighted by molar-refractivity contribution is 0.220. The van der Waals surface area contributed by atoms with E-state index in [1.807, 2.05) is 14.0 Å². The van der Waals surface area contributed by atoms with Gasteiger partial charge in [0.15, 0.2) is 0 Å². The molecular formula is C14H21N3O2S2. The van der Waals surface area contributed by atoms with Gasteiger partial charge in [-0.25, -0.2) is 8.42 Å². The molecule has 21 heavy (non-hydrogen) atoms. The summed E-state index contributed by atoms with van der Waals surface area (Å²) in [5.41, 5.74) is 6.03. The van der Waals surface area contributed by atoms with Crippen LogP contribution in [0.25, 0.3) is 0 Å². The third-order valence-electron chi connectivity index (χ3n) is 3.97. The van der Waals surface area contributed by atoms with Crippen molar-refractivity contribution in [1.82, 2.24) is 9.62 Å². The number of likely N-dealkylation sites (tertiary alicyclic amines) is 1. The molecule has 1 aromatic rings. The minimum atomic E-state index is -3.63. The molecule has 0 amide bonds. The van der Waals surface area contributed by atoms with Gasteiger partial charge in [0.25, 0.3) is 0 Å². The standard InChI is InChI=1S/C14H21N3O2S2/c1-11-3-5-12(6-4-11)21(18,19)16-14(13(15)20)7-9-17(2)10-8-14/h3-6,16H,7-10H2,1-2H3,(H2,15,20). The highest BCUT2D eigenvalue weighted by Gasteiger charge is 2.40. The molecule has 116 valence electrons. The molecule has 1 heterocycles. The SMILES string of the molecule is Cc1ccc(S(=O)(=O)NC2(C(N)=S)CCN(C)CC2)cc1. The van der Waals surface area contributed by atoms with Gasteiger partial charge in [-0.2, -0.15) is 4.72 Å². The highest BCUT2D eigenvalue weighted by atomic mass is 32.2. The number of sulfonamides is 1. The van der Waals surface area contributed by atoms with Crippen molar-refractivity contribution in [2.45, 2.75) is 30.2 Å². The predicted octanol–water partition coefficient (Wildman–Crippen LogP) is 1.02. The maximum absolute atomic E-state index is 12.6. The molecule has 0 unspecified atom stereocenters. The molecule has 2 rings (SSSR count). The number of nitrogens with one attached hydrogen (secondary N) is 1. The Morgan fingerprint density at radius 2 is 1.81 bits per heavy atom. The molecule has 0 bridgehead atoms. The third kappa shape index (κ3) is 3.60. The molecule has 0 aliphatic carbocycles. The molecule has 3 N–H and O–H groups in total. The van der Waals surface area contributed by atoms with Gasteiger partial charge in [-0.1, -0.05) is 29.9 Å². The van der Waals surface area contributed by atoms with Crippen molar-refractivity contribution in [3.8, 4) is 0 Å². The number of piperidine rings is 1. The van der Waals surface area contributed by atoms with Crippen LogP contribution >= 0.6 is 12.2 Å². The molecule has 1 aromatic carbocycles. The van der Waals surface area contributed by atoms with Crippen molar-refractivity contribution < 1.29 is 8.42 Å². The van der Waals surface area contributed by atoms with Crippen LogP contribution in [0, 0.1) is 6.92 Å². The quantitative estimate of drug-likeness (QED) is 0.808. The van der Waals surface area contributed by atoms with Gasteiger partial charge >= 0.3 is 0 Å². The number of thiocarbonyl (C=S) groups is 1. The van der Waals surface area contributed by atoms with Crippen molar-refractivity contribution in [3.05, 3.63) is 29.8 Å². The summed E-state index contributed by atoms with van der Waals surface area (Å²) >= 11 is 5.14. The number of benzene rings is 1. The van der Waals surface area contributed by atoms with Gasteiger partial charge in [0, 0.05) is 13.1 Å². The zero-order chi connectivity index (χ0) is 15.7. The maximum Gasteiger partial charge on any atom is 0.241 e. The average molecular weight is 327 g/mol. The number of hydrogen-bond acceptors (Lipinski definition) is 4.